The fraction of sp³-hybridized carbons (Fsp3) is 0.923. The molecule has 0 aromatic rings. The molecule has 1 saturated carbocycles. The molecule has 0 bridgehead atoms. The lowest BCUT2D eigenvalue weighted by atomic mass is 9.96. The van der Waals surface area contributed by atoms with Crippen molar-refractivity contribution in [1.82, 2.24) is 15.1 Å². The fourth-order valence-electron chi connectivity index (χ4n) is 2.75. The van der Waals surface area contributed by atoms with Crippen molar-refractivity contribution < 1.29 is 4.79 Å². The fourth-order valence-corrected chi connectivity index (χ4v) is 2.75. The van der Waals surface area contributed by atoms with E-state index in [9.17, 15) is 4.79 Å². The van der Waals surface area contributed by atoms with Gasteiger partial charge in [0.05, 0.1) is 5.54 Å². The number of hydrogen-bond acceptors (Lipinski definition) is 4. The summed E-state index contributed by atoms with van der Waals surface area (Å²) < 4.78 is 0. The molecule has 106 valence electrons. The number of carbonyl (C=O) groups is 1. The highest BCUT2D eigenvalue weighted by molar-refractivity contribution is 5.85. The standard InChI is InChI=1S/C13H28N4O/c1-5-15-13(12(14)18)7-6-11(10-13)17(4)9-8-16(2)3/h11,15H,5-10H2,1-4H3,(H2,14,18). The van der Waals surface area contributed by atoms with Crippen LogP contribution in [0.25, 0.3) is 0 Å². The van der Waals surface area contributed by atoms with E-state index < -0.39 is 5.54 Å². The molecule has 18 heavy (non-hydrogen) atoms. The molecule has 1 aliphatic carbocycles. The molecule has 0 saturated heterocycles. The zero-order valence-corrected chi connectivity index (χ0v) is 12.2. The van der Waals surface area contributed by atoms with Crippen molar-refractivity contribution in [2.24, 2.45) is 5.73 Å². The Morgan fingerprint density at radius 1 is 1.39 bits per heavy atom. The Morgan fingerprint density at radius 2 is 2.06 bits per heavy atom. The van der Waals surface area contributed by atoms with Crippen LogP contribution in [-0.4, -0.2) is 68.1 Å². The lowest BCUT2D eigenvalue weighted by Gasteiger charge is -2.29. The van der Waals surface area contributed by atoms with E-state index in [0.29, 0.717) is 6.04 Å². The molecule has 0 aliphatic heterocycles. The van der Waals surface area contributed by atoms with Gasteiger partial charge in [-0.25, -0.2) is 0 Å². The molecule has 1 amide bonds. The van der Waals surface area contributed by atoms with Crippen LogP contribution in [0.4, 0.5) is 0 Å². The second kappa shape index (κ2) is 6.50. The minimum absolute atomic E-state index is 0.201. The van der Waals surface area contributed by atoms with Gasteiger partial charge in [0.2, 0.25) is 5.91 Å². The average Bonchev–Trinajstić information content (AvgIpc) is 2.72. The van der Waals surface area contributed by atoms with Crippen molar-refractivity contribution in [3.8, 4) is 0 Å². The van der Waals surface area contributed by atoms with Crippen LogP contribution < -0.4 is 11.1 Å². The minimum atomic E-state index is -0.480. The summed E-state index contributed by atoms with van der Waals surface area (Å²) in [5.41, 5.74) is 5.09. The number of nitrogens with two attached hydrogens (primary N) is 1. The van der Waals surface area contributed by atoms with Crippen molar-refractivity contribution in [2.75, 3.05) is 40.8 Å². The SMILES string of the molecule is CCNC1(C(N)=O)CCC(N(C)CCN(C)C)C1. The van der Waals surface area contributed by atoms with Gasteiger partial charge < -0.3 is 20.9 Å². The van der Waals surface area contributed by atoms with Crippen LogP contribution in [0.5, 0.6) is 0 Å². The van der Waals surface area contributed by atoms with Gasteiger partial charge in [-0.15, -0.1) is 0 Å². The van der Waals surface area contributed by atoms with Crippen LogP contribution in [0.2, 0.25) is 0 Å². The third kappa shape index (κ3) is 3.67. The van der Waals surface area contributed by atoms with Gasteiger partial charge in [-0.1, -0.05) is 6.92 Å². The normalized spacial score (nSPS) is 28.2. The largest absolute Gasteiger partial charge is 0.368 e. The molecule has 5 heteroatoms. The molecular formula is C13H28N4O. The molecule has 0 spiro atoms. The maximum Gasteiger partial charge on any atom is 0.237 e. The van der Waals surface area contributed by atoms with Crippen molar-refractivity contribution in [2.45, 2.75) is 37.8 Å². The van der Waals surface area contributed by atoms with Crippen LogP contribution in [0, 0.1) is 0 Å². The molecule has 0 aromatic heterocycles. The van der Waals surface area contributed by atoms with Gasteiger partial charge in [0.25, 0.3) is 0 Å². The van der Waals surface area contributed by atoms with Crippen molar-refractivity contribution in [3.63, 3.8) is 0 Å². The molecule has 3 N–H and O–H groups in total. The van der Waals surface area contributed by atoms with E-state index in [1.54, 1.807) is 0 Å². The molecule has 1 fully saturated rings. The topological polar surface area (TPSA) is 61.6 Å². The second-order valence-electron chi connectivity index (χ2n) is 5.66. The molecule has 1 aliphatic rings. The van der Waals surface area contributed by atoms with Gasteiger partial charge >= 0.3 is 0 Å². The van der Waals surface area contributed by atoms with Crippen molar-refractivity contribution in [3.05, 3.63) is 0 Å². The van der Waals surface area contributed by atoms with E-state index in [2.05, 4.69) is 36.3 Å². The summed E-state index contributed by atoms with van der Waals surface area (Å²) in [6.07, 6.45) is 2.73. The van der Waals surface area contributed by atoms with E-state index in [0.717, 1.165) is 38.9 Å². The van der Waals surface area contributed by atoms with Crippen LogP contribution in [0.3, 0.4) is 0 Å². The molecule has 0 aromatic carbocycles. The molecule has 2 unspecified atom stereocenters. The van der Waals surface area contributed by atoms with E-state index in [-0.39, 0.29) is 5.91 Å². The zero-order valence-electron chi connectivity index (χ0n) is 12.2. The predicted molar refractivity (Wildman–Crippen MR) is 74.4 cm³/mol. The summed E-state index contributed by atoms with van der Waals surface area (Å²) in [4.78, 5) is 16.2. The summed E-state index contributed by atoms with van der Waals surface area (Å²) in [6, 6.07) is 0.455. The van der Waals surface area contributed by atoms with Gasteiger partial charge in [0.1, 0.15) is 0 Å². The lowest BCUT2D eigenvalue weighted by molar-refractivity contribution is -0.124. The number of amides is 1. The van der Waals surface area contributed by atoms with Crippen LogP contribution >= 0.6 is 0 Å². The highest BCUT2D eigenvalue weighted by atomic mass is 16.1. The smallest absolute Gasteiger partial charge is 0.237 e. The molecule has 2 atom stereocenters. The Labute approximate surface area is 111 Å². The predicted octanol–water partition coefficient (Wildman–Crippen LogP) is -0.134. The van der Waals surface area contributed by atoms with Crippen LogP contribution in [0.1, 0.15) is 26.2 Å². The number of hydrogen-bond donors (Lipinski definition) is 2. The summed E-state index contributed by atoms with van der Waals surface area (Å²) >= 11 is 0. The quantitative estimate of drug-likeness (QED) is 0.666. The number of primary amides is 1. The van der Waals surface area contributed by atoms with Gasteiger partial charge in [0, 0.05) is 19.1 Å². The highest BCUT2D eigenvalue weighted by Crippen LogP contribution is 2.32. The summed E-state index contributed by atoms with van der Waals surface area (Å²) in [7, 11) is 6.29. The maximum absolute atomic E-state index is 11.7. The third-order valence-electron chi connectivity index (χ3n) is 4.00. The molecule has 1 rings (SSSR count). The number of rotatable bonds is 7. The number of likely N-dealkylation sites (N-methyl/N-ethyl adjacent to an activating group) is 3. The van der Waals surface area contributed by atoms with Gasteiger partial charge in [-0.2, -0.15) is 0 Å². The van der Waals surface area contributed by atoms with Gasteiger partial charge in [0.15, 0.2) is 0 Å². The number of nitrogens with one attached hydrogen (secondary N) is 1. The summed E-state index contributed by atoms with van der Waals surface area (Å²) in [5.74, 6) is -0.201. The van der Waals surface area contributed by atoms with E-state index in [4.69, 9.17) is 5.73 Å². The number of carbonyl (C=O) groups excluding carboxylic acids is 1. The maximum atomic E-state index is 11.7. The summed E-state index contributed by atoms with van der Waals surface area (Å²) in [6.45, 7) is 4.88. The second-order valence-corrected chi connectivity index (χ2v) is 5.66. The first-order valence-corrected chi connectivity index (χ1v) is 6.81. The first-order chi connectivity index (χ1) is 8.41. The van der Waals surface area contributed by atoms with Crippen LogP contribution in [0.15, 0.2) is 0 Å². The number of nitrogens with zero attached hydrogens (tertiary/aromatic N) is 2. The molecule has 5 nitrogen and oxygen atoms in total. The first kappa shape index (κ1) is 15.4. The average molecular weight is 256 g/mol. The minimum Gasteiger partial charge on any atom is -0.368 e. The van der Waals surface area contributed by atoms with Gasteiger partial charge in [-0.3, -0.25) is 4.79 Å². The Hall–Kier alpha value is -0.650. The Bertz CT molecular complexity index is 282. The van der Waals surface area contributed by atoms with E-state index in [1.807, 2.05) is 6.92 Å². The van der Waals surface area contributed by atoms with Crippen molar-refractivity contribution in [1.29, 1.82) is 0 Å². The molecular weight excluding hydrogens is 228 g/mol. The monoisotopic (exact) mass is 256 g/mol. The molecule has 0 heterocycles. The van der Waals surface area contributed by atoms with Crippen LogP contribution in [-0.2, 0) is 4.79 Å². The highest BCUT2D eigenvalue weighted by Gasteiger charge is 2.44. The lowest BCUT2D eigenvalue weighted by Crippen LogP contribution is -2.54. The Kier molecular flexibility index (Phi) is 5.56. The van der Waals surface area contributed by atoms with Crippen molar-refractivity contribution >= 4 is 5.91 Å². The Balaban J connectivity index is 2.55. The van der Waals surface area contributed by atoms with E-state index in [1.165, 1.54) is 0 Å². The summed E-state index contributed by atoms with van der Waals surface area (Å²) in [5, 5.41) is 3.30. The molecule has 0 radical (unpaired) electrons. The zero-order chi connectivity index (χ0) is 13.8. The van der Waals surface area contributed by atoms with Gasteiger partial charge in [-0.05, 0) is 47.0 Å². The first-order valence-electron chi connectivity index (χ1n) is 6.81. The Morgan fingerprint density at radius 3 is 2.56 bits per heavy atom. The third-order valence-corrected chi connectivity index (χ3v) is 4.00. The van der Waals surface area contributed by atoms with E-state index >= 15 is 0 Å².